The van der Waals surface area contributed by atoms with Gasteiger partial charge in [-0.3, -0.25) is 4.90 Å². The summed E-state index contributed by atoms with van der Waals surface area (Å²) in [6.45, 7) is 8.72. The molecule has 2 rings (SSSR count). The molecule has 1 saturated heterocycles. The van der Waals surface area contributed by atoms with Crippen LogP contribution in [-0.4, -0.2) is 60.3 Å². The molecule has 3 nitrogen and oxygen atoms in total. The van der Waals surface area contributed by atoms with Gasteiger partial charge in [-0.15, -0.1) is 0 Å². The molecule has 0 aromatic carbocycles. The number of β-amino-alcohol motifs (C(OH)–C–C–N with tert-alkyl or cyclic N) is 1. The molecule has 100 valence electrons. The maximum Gasteiger partial charge on any atom is 0.0639 e. The molecule has 0 amide bonds. The van der Waals surface area contributed by atoms with Crippen molar-refractivity contribution in [3.05, 3.63) is 0 Å². The molecule has 1 heterocycles. The number of aliphatic hydroxyl groups is 1. The van der Waals surface area contributed by atoms with Gasteiger partial charge in [-0.2, -0.15) is 0 Å². The second-order valence-electron chi connectivity index (χ2n) is 5.95. The van der Waals surface area contributed by atoms with E-state index in [4.69, 9.17) is 0 Å². The normalized spacial score (nSPS) is 27.2. The van der Waals surface area contributed by atoms with Crippen molar-refractivity contribution in [1.82, 2.24) is 9.80 Å². The monoisotopic (exact) mass is 240 g/mol. The Hall–Kier alpha value is -0.120. The van der Waals surface area contributed by atoms with Crippen molar-refractivity contribution in [2.75, 3.05) is 39.3 Å². The number of piperazine rings is 1. The summed E-state index contributed by atoms with van der Waals surface area (Å²) in [6.07, 6.45) is 7.08. The first-order valence-electron chi connectivity index (χ1n) is 7.37. The maximum absolute atomic E-state index is 9.38. The highest BCUT2D eigenvalue weighted by Gasteiger charge is 2.21. The van der Waals surface area contributed by atoms with E-state index in [0.717, 1.165) is 25.6 Å². The van der Waals surface area contributed by atoms with Crippen molar-refractivity contribution in [2.24, 2.45) is 5.92 Å². The van der Waals surface area contributed by atoms with Gasteiger partial charge in [0.15, 0.2) is 0 Å². The Balaban J connectivity index is 1.64. The van der Waals surface area contributed by atoms with E-state index in [-0.39, 0.29) is 6.10 Å². The van der Waals surface area contributed by atoms with Crippen molar-refractivity contribution in [3.63, 3.8) is 0 Å². The van der Waals surface area contributed by atoms with Gasteiger partial charge in [0.1, 0.15) is 0 Å². The molecule has 0 bridgehead atoms. The zero-order valence-corrected chi connectivity index (χ0v) is 11.3. The fraction of sp³-hybridized carbons (Fsp3) is 1.00. The van der Waals surface area contributed by atoms with Crippen LogP contribution in [0.3, 0.4) is 0 Å². The minimum absolute atomic E-state index is 0.181. The molecule has 1 atom stereocenters. The van der Waals surface area contributed by atoms with Crippen LogP contribution in [0.15, 0.2) is 0 Å². The van der Waals surface area contributed by atoms with E-state index in [1.54, 1.807) is 0 Å². The quantitative estimate of drug-likeness (QED) is 0.808. The Morgan fingerprint density at radius 1 is 1.00 bits per heavy atom. The lowest BCUT2D eigenvalue weighted by Crippen LogP contribution is -2.49. The van der Waals surface area contributed by atoms with Crippen molar-refractivity contribution >= 4 is 0 Å². The van der Waals surface area contributed by atoms with Crippen LogP contribution in [0.5, 0.6) is 0 Å². The summed E-state index contributed by atoms with van der Waals surface area (Å²) >= 11 is 0. The molecule has 0 radical (unpaired) electrons. The van der Waals surface area contributed by atoms with Crippen molar-refractivity contribution < 1.29 is 5.11 Å². The molecule has 0 aromatic rings. The molecule has 2 aliphatic rings. The van der Waals surface area contributed by atoms with Crippen molar-refractivity contribution in [3.8, 4) is 0 Å². The van der Waals surface area contributed by atoms with E-state index < -0.39 is 0 Å². The summed E-state index contributed by atoms with van der Waals surface area (Å²) in [5.74, 6) is 0.965. The van der Waals surface area contributed by atoms with Crippen molar-refractivity contribution in [2.45, 2.75) is 45.1 Å². The molecule has 0 aromatic heterocycles. The largest absolute Gasteiger partial charge is 0.392 e. The van der Waals surface area contributed by atoms with Gasteiger partial charge < -0.3 is 10.0 Å². The Bertz CT molecular complexity index is 206. The van der Waals surface area contributed by atoms with Crippen LogP contribution in [0.2, 0.25) is 0 Å². The summed E-state index contributed by atoms with van der Waals surface area (Å²) in [5, 5.41) is 9.38. The summed E-state index contributed by atoms with van der Waals surface area (Å²) in [5.41, 5.74) is 0. The fourth-order valence-corrected chi connectivity index (χ4v) is 3.26. The second-order valence-corrected chi connectivity index (χ2v) is 5.95. The minimum Gasteiger partial charge on any atom is -0.392 e. The molecule has 1 aliphatic carbocycles. The van der Waals surface area contributed by atoms with E-state index in [9.17, 15) is 5.11 Å². The van der Waals surface area contributed by atoms with Crippen LogP contribution in [0.1, 0.15) is 39.0 Å². The summed E-state index contributed by atoms with van der Waals surface area (Å²) in [7, 11) is 0. The molecule has 0 spiro atoms. The van der Waals surface area contributed by atoms with Crippen LogP contribution >= 0.6 is 0 Å². The fourth-order valence-electron chi connectivity index (χ4n) is 3.26. The smallest absolute Gasteiger partial charge is 0.0639 e. The lowest BCUT2D eigenvalue weighted by atomic mass is 9.89. The van der Waals surface area contributed by atoms with Gasteiger partial charge in [-0.1, -0.05) is 19.3 Å². The molecule has 2 fully saturated rings. The lowest BCUT2D eigenvalue weighted by Gasteiger charge is -2.37. The Labute approximate surface area is 106 Å². The molecular weight excluding hydrogens is 212 g/mol. The highest BCUT2D eigenvalue weighted by molar-refractivity contribution is 4.76. The molecular formula is C14H28N2O. The van der Waals surface area contributed by atoms with Crippen LogP contribution in [0, 0.1) is 5.92 Å². The highest BCUT2D eigenvalue weighted by atomic mass is 16.3. The third-order valence-corrected chi connectivity index (χ3v) is 4.23. The van der Waals surface area contributed by atoms with Crippen LogP contribution in [0.25, 0.3) is 0 Å². The van der Waals surface area contributed by atoms with Crippen LogP contribution < -0.4 is 0 Å². The summed E-state index contributed by atoms with van der Waals surface area (Å²) in [6, 6.07) is 0. The summed E-state index contributed by atoms with van der Waals surface area (Å²) in [4.78, 5) is 5.02. The third-order valence-electron chi connectivity index (χ3n) is 4.23. The Morgan fingerprint density at radius 3 is 2.18 bits per heavy atom. The van der Waals surface area contributed by atoms with Crippen LogP contribution in [-0.2, 0) is 0 Å². The highest BCUT2D eigenvalue weighted by Crippen LogP contribution is 2.24. The van der Waals surface area contributed by atoms with Gasteiger partial charge in [-0.25, -0.2) is 0 Å². The zero-order chi connectivity index (χ0) is 12.1. The first kappa shape index (κ1) is 13.3. The van der Waals surface area contributed by atoms with Gasteiger partial charge >= 0.3 is 0 Å². The van der Waals surface area contributed by atoms with E-state index in [1.165, 1.54) is 51.7 Å². The minimum atomic E-state index is -0.181. The van der Waals surface area contributed by atoms with E-state index in [1.807, 2.05) is 6.92 Å². The second kappa shape index (κ2) is 6.72. The van der Waals surface area contributed by atoms with Gasteiger partial charge in [0.2, 0.25) is 0 Å². The number of hydrogen-bond acceptors (Lipinski definition) is 3. The molecule has 17 heavy (non-hydrogen) atoms. The number of rotatable bonds is 4. The van der Waals surface area contributed by atoms with E-state index >= 15 is 0 Å². The SMILES string of the molecule is CC(O)CN1CCN(CC2CCCCC2)CC1. The summed E-state index contributed by atoms with van der Waals surface area (Å²) < 4.78 is 0. The van der Waals surface area contributed by atoms with Gasteiger partial charge in [0, 0.05) is 39.3 Å². The first-order chi connectivity index (χ1) is 8.24. The van der Waals surface area contributed by atoms with Gasteiger partial charge in [0.05, 0.1) is 6.10 Å². The number of nitrogens with zero attached hydrogens (tertiary/aromatic N) is 2. The Morgan fingerprint density at radius 2 is 1.59 bits per heavy atom. The number of aliphatic hydroxyl groups excluding tert-OH is 1. The van der Waals surface area contributed by atoms with E-state index in [0.29, 0.717) is 0 Å². The van der Waals surface area contributed by atoms with Crippen LogP contribution in [0.4, 0.5) is 0 Å². The number of hydrogen-bond donors (Lipinski definition) is 1. The Kier molecular flexibility index (Phi) is 5.26. The maximum atomic E-state index is 9.38. The molecule has 1 N–H and O–H groups in total. The standard InChI is InChI=1S/C14H28N2O/c1-13(17)11-15-7-9-16(10-8-15)12-14-5-3-2-4-6-14/h13-14,17H,2-12H2,1H3. The molecule has 3 heteroatoms. The molecule has 1 unspecified atom stereocenters. The molecule has 1 saturated carbocycles. The molecule has 1 aliphatic heterocycles. The zero-order valence-electron chi connectivity index (χ0n) is 11.3. The van der Waals surface area contributed by atoms with Gasteiger partial charge in [-0.05, 0) is 25.7 Å². The van der Waals surface area contributed by atoms with E-state index in [2.05, 4.69) is 9.80 Å². The average molecular weight is 240 g/mol. The lowest BCUT2D eigenvalue weighted by molar-refractivity contribution is 0.0711. The topological polar surface area (TPSA) is 26.7 Å². The third kappa shape index (κ3) is 4.57. The van der Waals surface area contributed by atoms with Crippen molar-refractivity contribution in [1.29, 1.82) is 0 Å². The van der Waals surface area contributed by atoms with Gasteiger partial charge in [0.25, 0.3) is 0 Å². The average Bonchev–Trinajstić information content (AvgIpc) is 2.32. The predicted octanol–water partition coefficient (Wildman–Crippen LogP) is 1.57. The predicted molar refractivity (Wildman–Crippen MR) is 71.1 cm³/mol. The first-order valence-corrected chi connectivity index (χ1v) is 7.37.